The first-order valence-corrected chi connectivity index (χ1v) is 13.8. The van der Waals surface area contributed by atoms with Gasteiger partial charge in [0, 0.05) is 37.6 Å². The van der Waals surface area contributed by atoms with Crippen molar-refractivity contribution in [3.8, 4) is 17.2 Å². The number of carbonyl (C=O) groups is 1. The van der Waals surface area contributed by atoms with E-state index in [1.807, 2.05) is 0 Å². The number of likely N-dealkylation sites (N-methyl/N-ethyl adjacent to an activating group) is 1. The van der Waals surface area contributed by atoms with Gasteiger partial charge in [0.05, 0.1) is 43.6 Å². The lowest BCUT2D eigenvalue weighted by Gasteiger charge is -2.31. The number of nitrogens with zero attached hydrogens (tertiary/aromatic N) is 3. The van der Waals surface area contributed by atoms with Crippen molar-refractivity contribution in [1.29, 1.82) is 0 Å². The van der Waals surface area contributed by atoms with E-state index in [0.717, 1.165) is 44.5 Å². The maximum absolute atomic E-state index is 13.2. The fourth-order valence-corrected chi connectivity index (χ4v) is 4.38. The average molecular weight is 594 g/mol. The minimum absolute atomic E-state index is 0.0396. The van der Waals surface area contributed by atoms with Crippen molar-refractivity contribution in [2.24, 2.45) is 0 Å². The molecule has 0 aliphatic carbocycles. The molecule has 0 amide bonds. The molecule has 0 saturated carbocycles. The molecule has 3 heterocycles. The highest BCUT2D eigenvalue weighted by Crippen LogP contribution is 2.38. The molecule has 0 spiro atoms. The molecule has 1 aliphatic rings. The first kappa shape index (κ1) is 31.1. The van der Waals surface area contributed by atoms with E-state index in [1.165, 1.54) is 18.4 Å². The van der Waals surface area contributed by atoms with Crippen LogP contribution in [0.15, 0.2) is 45.9 Å². The van der Waals surface area contributed by atoms with E-state index in [2.05, 4.69) is 21.8 Å². The van der Waals surface area contributed by atoms with Crippen LogP contribution < -0.4 is 19.6 Å². The highest BCUT2D eigenvalue weighted by molar-refractivity contribution is 5.88. The zero-order valence-corrected chi connectivity index (χ0v) is 23.6. The first-order chi connectivity index (χ1) is 20.1. The summed E-state index contributed by atoms with van der Waals surface area (Å²) in [6.45, 7) is 6.51. The van der Waals surface area contributed by atoms with Crippen molar-refractivity contribution >= 4 is 17.1 Å². The second-order valence-electron chi connectivity index (χ2n) is 9.88. The second kappa shape index (κ2) is 14.4. The lowest BCUT2D eigenvalue weighted by molar-refractivity contribution is -0.137. The zero-order valence-electron chi connectivity index (χ0n) is 23.6. The SMILES string of the molecule is CCOC(=O)Oc1cnc2cc(C(F)(F)F)ccc2c1OCCCCCOc1coc(CN2CCN(C)CC2)cc1=O. The van der Waals surface area contributed by atoms with E-state index in [1.54, 1.807) is 6.92 Å². The largest absolute Gasteiger partial charge is 0.514 e. The number of rotatable bonds is 12. The number of piperazine rings is 1. The fraction of sp³-hybridized carbons (Fsp3) is 0.483. The van der Waals surface area contributed by atoms with E-state index in [4.69, 9.17) is 23.4 Å². The molecule has 1 aromatic carbocycles. The van der Waals surface area contributed by atoms with Gasteiger partial charge in [-0.25, -0.2) is 4.79 Å². The van der Waals surface area contributed by atoms with Gasteiger partial charge in [-0.2, -0.15) is 13.2 Å². The summed E-state index contributed by atoms with van der Waals surface area (Å²) in [7, 11) is 2.08. The Kier molecular flexibility index (Phi) is 10.6. The molecule has 1 fully saturated rings. The Bertz CT molecular complexity index is 1410. The lowest BCUT2D eigenvalue weighted by Crippen LogP contribution is -2.43. The van der Waals surface area contributed by atoms with Gasteiger partial charge >= 0.3 is 12.3 Å². The summed E-state index contributed by atoms with van der Waals surface area (Å²) >= 11 is 0. The van der Waals surface area contributed by atoms with Crippen molar-refractivity contribution in [1.82, 2.24) is 14.8 Å². The summed E-state index contributed by atoms with van der Waals surface area (Å²) in [4.78, 5) is 32.8. The van der Waals surface area contributed by atoms with Crippen LogP contribution >= 0.6 is 0 Å². The van der Waals surface area contributed by atoms with Crippen LogP contribution in [0.2, 0.25) is 0 Å². The van der Waals surface area contributed by atoms with Crippen molar-refractivity contribution in [3.05, 3.63) is 58.3 Å². The molecule has 13 heteroatoms. The molecule has 0 N–H and O–H groups in total. The molecule has 42 heavy (non-hydrogen) atoms. The monoisotopic (exact) mass is 593 g/mol. The molecule has 0 atom stereocenters. The van der Waals surface area contributed by atoms with E-state index in [9.17, 15) is 22.8 Å². The Morgan fingerprint density at radius 2 is 1.76 bits per heavy atom. The van der Waals surface area contributed by atoms with Crippen LogP contribution in [0.5, 0.6) is 17.2 Å². The van der Waals surface area contributed by atoms with Gasteiger partial charge in [-0.05, 0) is 51.4 Å². The number of fused-ring (bicyclic) bond motifs is 1. The predicted octanol–water partition coefficient (Wildman–Crippen LogP) is 5.12. The summed E-state index contributed by atoms with van der Waals surface area (Å²) < 4.78 is 66.5. The smallest absolute Gasteiger partial charge is 0.489 e. The predicted molar refractivity (Wildman–Crippen MR) is 147 cm³/mol. The minimum Gasteiger partial charge on any atom is -0.489 e. The zero-order chi connectivity index (χ0) is 30.1. The van der Waals surface area contributed by atoms with Gasteiger partial charge in [0.15, 0.2) is 11.5 Å². The Labute approximate surface area is 240 Å². The number of hydrogen-bond donors (Lipinski definition) is 0. The molecular weight excluding hydrogens is 559 g/mol. The number of alkyl halides is 3. The molecule has 1 aliphatic heterocycles. The third-order valence-electron chi connectivity index (χ3n) is 6.69. The van der Waals surface area contributed by atoms with Gasteiger partial charge in [0.2, 0.25) is 11.2 Å². The summed E-state index contributed by atoms with van der Waals surface area (Å²) in [6.07, 6.45) is -1.20. The van der Waals surface area contributed by atoms with Gasteiger partial charge in [0.25, 0.3) is 0 Å². The number of ether oxygens (including phenoxy) is 4. The third kappa shape index (κ3) is 8.58. The normalized spacial score (nSPS) is 14.6. The van der Waals surface area contributed by atoms with Crippen molar-refractivity contribution < 1.29 is 41.3 Å². The maximum Gasteiger partial charge on any atom is 0.514 e. The lowest BCUT2D eigenvalue weighted by atomic mass is 10.1. The number of unbranched alkanes of at least 4 members (excludes halogenated alkanes) is 2. The number of benzene rings is 1. The van der Waals surface area contributed by atoms with E-state index < -0.39 is 17.9 Å². The molecule has 2 aromatic heterocycles. The second-order valence-corrected chi connectivity index (χ2v) is 9.88. The average Bonchev–Trinajstić information content (AvgIpc) is 2.95. The Morgan fingerprint density at radius 1 is 1.02 bits per heavy atom. The summed E-state index contributed by atoms with van der Waals surface area (Å²) in [5.41, 5.74) is -1.05. The molecule has 1 saturated heterocycles. The Morgan fingerprint density at radius 3 is 2.45 bits per heavy atom. The molecule has 4 rings (SSSR count). The van der Waals surface area contributed by atoms with Gasteiger partial charge in [-0.3, -0.25) is 14.7 Å². The van der Waals surface area contributed by atoms with Gasteiger partial charge in [-0.1, -0.05) is 0 Å². The highest BCUT2D eigenvalue weighted by Gasteiger charge is 2.31. The molecule has 0 bridgehead atoms. The topological polar surface area (TPSA) is 104 Å². The van der Waals surface area contributed by atoms with Crippen LogP contribution in [0.4, 0.5) is 18.0 Å². The maximum atomic E-state index is 13.2. The molecule has 0 radical (unpaired) electrons. The summed E-state index contributed by atoms with van der Waals surface area (Å²) in [5, 5.41) is 0.260. The number of carbonyl (C=O) groups excluding carboxylic acids is 1. The van der Waals surface area contributed by atoms with E-state index >= 15 is 0 Å². The first-order valence-electron chi connectivity index (χ1n) is 13.8. The van der Waals surface area contributed by atoms with Crippen LogP contribution in [0, 0.1) is 0 Å². The van der Waals surface area contributed by atoms with Crippen molar-refractivity contribution in [3.63, 3.8) is 0 Å². The van der Waals surface area contributed by atoms with Crippen LogP contribution in [0.25, 0.3) is 10.9 Å². The third-order valence-corrected chi connectivity index (χ3v) is 6.69. The molecule has 10 nitrogen and oxygen atoms in total. The van der Waals surface area contributed by atoms with Gasteiger partial charge < -0.3 is 28.3 Å². The van der Waals surface area contributed by atoms with Crippen LogP contribution in [-0.4, -0.2) is 74.0 Å². The van der Waals surface area contributed by atoms with Crippen molar-refractivity contribution in [2.45, 2.75) is 38.9 Å². The van der Waals surface area contributed by atoms with E-state index in [0.29, 0.717) is 31.6 Å². The van der Waals surface area contributed by atoms with Gasteiger partial charge in [-0.15, -0.1) is 0 Å². The van der Waals surface area contributed by atoms with Crippen LogP contribution in [0.1, 0.15) is 37.5 Å². The quantitative estimate of drug-likeness (QED) is 0.208. The number of halogens is 3. The Balaban J connectivity index is 1.28. The number of aromatic nitrogens is 1. The van der Waals surface area contributed by atoms with Crippen LogP contribution in [0.3, 0.4) is 0 Å². The van der Waals surface area contributed by atoms with E-state index in [-0.39, 0.29) is 53.4 Å². The minimum atomic E-state index is -4.54. The Hall–Kier alpha value is -3.84. The molecular formula is C29H34F3N3O7. The fourth-order valence-electron chi connectivity index (χ4n) is 4.38. The molecule has 228 valence electrons. The summed E-state index contributed by atoms with van der Waals surface area (Å²) in [6, 6.07) is 4.52. The highest BCUT2D eigenvalue weighted by atomic mass is 19.4. The summed E-state index contributed by atoms with van der Waals surface area (Å²) in [5.74, 6) is 0.772. The molecule has 3 aromatic rings. The number of hydrogen-bond acceptors (Lipinski definition) is 10. The molecule has 0 unspecified atom stereocenters. The standard InChI is InChI=1S/C29H34F3N3O7/c1-3-38-28(37)42-25-17-33-23-15-20(29(30,31)32)7-8-22(23)27(25)40-14-6-4-5-13-39-26-19-41-21(16-24(26)36)18-35-11-9-34(2)10-12-35/h7-8,15-17,19H,3-6,9-14,18H2,1-2H3. The van der Waals surface area contributed by atoms with Crippen molar-refractivity contribution in [2.75, 3.05) is 53.0 Å². The van der Waals surface area contributed by atoms with Crippen LogP contribution in [-0.2, 0) is 17.5 Å². The number of pyridine rings is 1. The van der Waals surface area contributed by atoms with Gasteiger partial charge in [0.1, 0.15) is 12.0 Å².